The molecule has 1 atom stereocenters. The van der Waals surface area contributed by atoms with Crippen LogP contribution in [0, 0.1) is 5.21 Å². The standard InChI is InChI=1S/C17H17NO/c1-2-9-17(16-12-7-4-8-13-16)18(19)14-15-10-5-3-6-11-15/h2-8,10-14,17H,1,9H2. The van der Waals surface area contributed by atoms with Crippen molar-refractivity contribution in [3.63, 3.8) is 0 Å². The van der Waals surface area contributed by atoms with E-state index in [0.717, 1.165) is 15.9 Å². The fourth-order valence-corrected chi connectivity index (χ4v) is 2.00. The van der Waals surface area contributed by atoms with E-state index in [-0.39, 0.29) is 6.04 Å². The number of hydrogen-bond acceptors (Lipinski definition) is 1. The highest BCUT2D eigenvalue weighted by Crippen LogP contribution is 2.20. The van der Waals surface area contributed by atoms with Gasteiger partial charge in [-0.3, -0.25) is 0 Å². The van der Waals surface area contributed by atoms with E-state index in [0.29, 0.717) is 6.42 Å². The Morgan fingerprint density at radius 1 is 1.00 bits per heavy atom. The van der Waals surface area contributed by atoms with Crippen molar-refractivity contribution in [1.82, 2.24) is 0 Å². The second-order valence-corrected chi connectivity index (χ2v) is 4.35. The molecule has 0 heterocycles. The molecule has 0 saturated carbocycles. The molecule has 96 valence electrons. The molecule has 0 bridgehead atoms. The summed E-state index contributed by atoms with van der Waals surface area (Å²) in [6.07, 6.45) is 4.03. The minimum Gasteiger partial charge on any atom is -0.623 e. The van der Waals surface area contributed by atoms with Gasteiger partial charge in [-0.2, -0.15) is 0 Å². The van der Waals surface area contributed by atoms with Crippen LogP contribution in [-0.4, -0.2) is 11.0 Å². The Hall–Kier alpha value is -2.35. The van der Waals surface area contributed by atoms with Gasteiger partial charge in [0, 0.05) is 17.5 Å². The van der Waals surface area contributed by atoms with Crippen LogP contribution in [0.3, 0.4) is 0 Å². The highest BCUT2D eigenvalue weighted by molar-refractivity contribution is 5.75. The second kappa shape index (κ2) is 6.55. The highest BCUT2D eigenvalue weighted by atomic mass is 16.5. The zero-order valence-corrected chi connectivity index (χ0v) is 10.8. The van der Waals surface area contributed by atoms with Crippen LogP contribution < -0.4 is 0 Å². The summed E-state index contributed by atoms with van der Waals surface area (Å²) in [5, 5.41) is 12.3. The highest BCUT2D eigenvalue weighted by Gasteiger charge is 2.16. The van der Waals surface area contributed by atoms with Crippen LogP contribution >= 0.6 is 0 Å². The van der Waals surface area contributed by atoms with E-state index in [4.69, 9.17) is 0 Å². The fraction of sp³-hybridized carbons (Fsp3) is 0.118. The van der Waals surface area contributed by atoms with Crippen molar-refractivity contribution in [2.75, 3.05) is 0 Å². The van der Waals surface area contributed by atoms with Gasteiger partial charge in [-0.15, -0.1) is 6.58 Å². The van der Waals surface area contributed by atoms with Gasteiger partial charge in [-0.1, -0.05) is 54.6 Å². The molecule has 19 heavy (non-hydrogen) atoms. The third-order valence-electron chi connectivity index (χ3n) is 2.96. The summed E-state index contributed by atoms with van der Waals surface area (Å²) in [6.45, 7) is 3.74. The van der Waals surface area contributed by atoms with Crippen molar-refractivity contribution in [3.05, 3.63) is 89.7 Å². The lowest BCUT2D eigenvalue weighted by Crippen LogP contribution is -2.14. The maximum absolute atomic E-state index is 12.3. The first-order valence-corrected chi connectivity index (χ1v) is 6.32. The van der Waals surface area contributed by atoms with Crippen LogP contribution in [0.25, 0.3) is 0 Å². The van der Waals surface area contributed by atoms with Gasteiger partial charge in [0.25, 0.3) is 0 Å². The average Bonchev–Trinajstić information content (AvgIpc) is 2.46. The molecule has 0 fully saturated rings. The SMILES string of the molecule is C=CCC(c1ccccc1)[N+]([O-])=Cc1ccccc1. The third-order valence-corrected chi connectivity index (χ3v) is 2.96. The molecule has 0 spiro atoms. The fourth-order valence-electron chi connectivity index (χ4n) is 2.00. The lowest BCUT2D eigenvalue weighted by atomic mass is 10.0. The van der Waals surface area contributed by atoms with E-state index in [1.165, 1.54) is 0 Å². The second-order valence-electron chi connectivity index (χ2n) is 4.35. The van der Waals surface area contributed by atoms with Gasteiger partial charge >= 0.3 is 0 Å². The van der Waals surface area contributed by atoms with Gasteiger partial charge in [0.05, 0.1) is 0 Å². The van der Waals surface area contributed by atoms with Gasteiger partial charge in [-0.25, -0.2) is 4.74 Å². The molecule has 1 unspecified atom stereocenters. The van der Waals surface area contributed by atoms with E-state index < -0.39 is 0 Å². The quantitative estimate of drug-likeness (QED) is 0.260. The molecular formula is C17H17NO. The van der Waals surface area contributed by atoms with Crippen molar-refractivity contribution >= 4 is 6.21 Å². The van der Waals surface area contributed by atoms with Crippen molar-refractivity contribution in [1.29, 1.82) is 0 Å². The Morgan fingerprint density at radius 3 is 2.16 bits per heavy atom. The lowest BCUT2D eigenvalue weighted by molar-refractivity contribution is -0.502. The van der Waals surface area contributed by atoms with Crippen LogP contribution in [-0.2, 0) is 0 Å². The molecule has 0 aliphatic rings. The van der Waals surface area contributed by atoms with Crippen molar-refractivity contribution in [2.45, 2.75) is 12.5 Å². The van der Waals surface area contributed by atoms with Crippen LogP contribution in [0.5, 0.6) is 0 Å². The van der Waals surface area contributed by atoms with E-state index in [9.17, 15) is 5.21 Å². The van der Waals surface area contributed by atoms with Gasteiger partial charge in [0.2, 0.25) is 0 Å². The summed E-state index contributed by atoms with van der Waals surface area (Å²) in [5.74, 6) is 0. The Kier molecular flexibility index (Phi) is 4.51. The van der Waals surface area contributed by atoms with E-state index in [1.54, 1.807) is 12.3 Å². The Bertz CT molecular complexity index is 546. The first-order chi connectivity index (χ1) is 9.31. The normalized spacial score (nSPS) is 12.9. The Labute approximate surface area is 113 Å². The van der Waals surface area contributed by atoms with Crippen molar-refractivity contribution in [3.8, 4) is 0 Å². The summed E-state index contributed by atoms with van der Waals surface area (Å²) in [7, 11) is 0. The summed E-state index contributed by atoms with van der Waals surface area (Å²) in [6, 6.07) is 19.2. The summed E-state index contributed by atoms with van der Waals surface area (Å²) in [5.41, 5.74) is 1.91. The molecule has 0 amide bonds. The predicted molar refractivity (Wildman–Crippen MR) is 79.2 cm³/mol. The number of nitrogens with zero attached hydrogens (tertiary/aromatic N) is 1. The number of hydroxylamine groups is 1. The molecular weight excluding hydrogens is 234 g/mol. The maximum Gasteiger partial charge on any atom is 0.191 e. The molecule has 0 aliphatic carbocycles. The van der Waals surface area contributed by atoms with Gasteiger partial charge < -0.3 is 5.21 Å². The molecule has 2 rings (SSSR count). The summed E-state index contributed by atoms with van der Waals surface area (Å²) in [4.78, 5) is 0. The summed E-state index contributed by atoms with van der Waals surface area (Å²) >= 11 is 0. The van der Waals surface area contributed by atoms with Crippen LogP contribution in [0.15, 0.2) is 73.3 Å². The van der Waals surface area contributed by atoms with E-state index in [2.05, 4.69) is 6.58 Å². The number of rotatable bonds is 5. The van der Waals surface area contributed by atoms with Gasteiger partial charge in [0.1, 0.15) is 0 Å². The zero-order chi connectivity index (χ0) is 13.5. The topological polar surface area (TPSA) is 26.1 Å². The molecule has 2 nitrogen and oxygen atoms in total. The molecule has 2 heteroatoms. The monoisotopic (exact) mass is 251 g/mol. The molecule has 0 aliphatic heterocycles. The molecule has 2 aromatic rings. The molecule has 2 aromatic carbocycles. The van der Waals surface area contributed by atoms with Gasteiger partial charge in [-0.05, 0) is 12.1 Å². The largest absolute Gasteiger partial charge is 0.623 e. The molecule has 0 saturated heterocycles. The number of hydrogen-bond donors (Lipinski definition) is 0. The van der Waals surface area contributed by atoms with Crippen LogP contribution in [0.4, 0.5) is 0 Å². The number of benzene rings is 2. The van der Waals surface area contributed by atoms with Crippen LogP contribution in [0.2, 0.25) is 0 Å². The summed E-state index contributed by atoms with van der Waals surface area (Å²) < 4.78 is 1.01. The maximum atomic E-state index is 12.3. The van der Waals surface area contributed by atoms with E-state index >= 15 is 0 Å². The Balaban J connectivity index is 2.29. The minimum absolute atomic E-state index is 0.223. The predicted octanol–water partition coefficient (Wildman–Crippen LogP) is 3.93. The lowest BCUT2D eigenvalue weighted by Gasteiger charge is -2.16. The smallest absolute Gasteiger partial charge is 0.191 e. The Morgan fingerprint density at radius 2 is 1.58 bits per heavy atom. The first kappa shape index (κ1) is 13.1. The first-order valence-electron chi connectivity index (χ1n) is 6.32. The molecule has 0 aromatic heterocycles. The minimum atomic E-state index is -0.223. The third kappa shape index (κ3) is 3.55. The van der Waals surface area contributed by atoms with Crippen molar-refractivity contribution in [2.24, 2.45) is 0 Å². The van der Waals surface area contributed by atoms with E-state index in [1.807, 2.05) is 60.7 Å². The average molecular weight is 251 g/mol. The molecule has 0 N–H and O–H groups in total. The zero-order valence-electron chi connectivity index (χ0n) is 10.8. The van der Waals surface area contributed by atoms with Gasteiger partial charge in [0.15, 0.2) is 12.3 Å². The van der Waals surface area contributed by atoms with Crippen molar-refractivity contribution < 1.29 is 4.74 Å². The molecule has 0 radical (unpaired) electrons. The van der Waals surface area contributed by atoms with Crippen LogP contribution in [0.1, 0.15) is 23.6 Å².